The highest BCUT2D eigenvalue weighted by Gasteiger charge is 2.45. The van der Waals surface area contributed by atoms with Crippen molar-refractivity contribution in [2.45, 2.75) is 56.5 Å². The van der Waals surface area contributed by atoms with Gasteiger partial charge in [-0.1, -0.05) is 47.2 Å². The molecule has 1 unspecified atom stereocenters. The van der Waals surface area contributed by atoms with Crippen LogP contribution in [0.3, 0.4) is 0 Å². The maximum absolute atomic E-state index is 13.4. The third-order valence-electron chi connectivity index (χ3n) is 9.17. The first-order valence-corrected chi connectivity index (χ1v) is 15.1. The molecule has 2 aliphatic rings. The lowest BCUT2D eigenvalue weighted by molar-refractivity contribution is -0.130. The predicted molar refractivity (Wildman–Crippen MR) is 172 cm³/mol. The van der Waals surface area contributed by atoms with E-state index in [0.29, 0.717) is 36.9 Å². The molecule has 12 heteroatoms. The van der Waals surface area contributed by atoms with Crippen molar-refractivity contribution in [3.63, 3.8) is 0 Å². The second-order valence-corrected chi connectivity index (χ2v) is 11.9. The van der Waals surface area contributed by atoms with E-state index in [4.69, 9.17) is 22.7 Å². The van der Waals surface area contributed by atoms with Crippen molar-refractivity contribution in [1.82, 2.24) is 10.2 Å². The van der Waals surface area contributed by atoms with Crippen molar-refractivity contribution in [2.24, 2.45) is 27.5 Å². The average molecular weight is 620 g/mol. The first-order chi connectivity index (χ1) is 22.1. The second-order valence-electron chi connectivity index (χ2n) is 11.9. The number of nitrogens with one attached hydrogen (secondary N) is 2. The quantitative estimate of drug-likeness (QED) is 0.0993. The van der Waals surface area contributed by atoms with Crippen LogP contribution in [0.2, 0.25) is 0 Å². The summed E-state index contributed by atoms with van der Waals surface area (Å²) in [6, 6.07) is 19.6. The van der Waals surface area contributed by atoms with Gasteiger partial charge in [0, 0.05) is 23.7 Å². The van der Waals surface area contributed by atoms with Crippen LogP contribution in [0.4, 0.5) is 0 Å². The fourth-order valence-corrected chi connectivity index (χ4v) is 6.82. The Morgan fingerprint density at radius 2 is 1.59 bits per heavy atom. The van der Waals surface area contributed by atoms with Crippen molar-refractivity contribution in [1.29, 1.82) is 10.8 Å². The van der Waals surface area contributed by atoms with E-state index in [-0.39, 0.29) is 24.7 Å². The summed E-state index contributed by atoms with van der Waals surface area (Å²) in [5.41, 5.74) is 30.2. The number of rotatable bonds is 10. The molecule has 1 heterocycles. The van der Waals surface area contributed by atoms with Gasteiger partial charge in [-0.2, -0.15) is 10.8 Å². The van der Waals surface area contributed by atoms with Crippen LogP contribution in [0.5, 0.6) is 0 Å². The first-order valence-electron chi connectivity index (χ1n) is 15.1. The topological polar surface area (TPSA) is 217 Å². The molecule has 1 aliphatic heterocycles. The number of nitrogens with zero attached hydrogens (tertiary/aromatic N) is 4. The standard InChI is InChI=1S/C34H37N9O3/c1-20-4-6-21(7-5-20)29(40-19-30(44)43-14-2-3-26(43)18-35)17-34(33(38)41-42-39)27-12-10-24(31(36)45)15-22(27)8-9-23-16-25(32(37)46)11-13-28(23)34/h4-7,10-13,15-16,26,29,40H,2-3,8-9,14,17,19H2,1H3,(H2,36,45)(H2,37,46)(H3,38,39,41)/t26?,29-/m0/s1. The smallest absolute Gasteiger partial charge is 0.248 e. The van der Waals surface area contributed by atoms with E-state index >= 15 is 0 Å². The molecule has 12 nitrogen and oxygen atoms in total. The summed E-state index contributed by atoms with van der Waals surface area (Å²) < 4.78 is 0. The number of nitrogens with two attached hydrogens (primary N) is 3. The van der Waals surface area contributed by atoms with Crippen LogP contribution in [0, 0.1) is 23.8 Å². The number of carbonyl (C=O) groups is 3. The second kappa shape index (κ2) is 13.3. The fraction of sp³-hybridized carbons (Fsp3) is 0.324. The van der Waals surface area contributed by atoms with Gasteiger partial charge in [0.1, 0.15) is 11.9 Å². The maximum Gasteiger partial charge on any atom is 0.248 e. The first kappa shape index (κ1) is 32.0. The Labute approximate surface area is 267 Å². The van der Waals surface area contributed by atoms with Crippen LogP contribution in [0.25, 0.3) is 0 Å². The van der Waals surface area contributed by atoms with E-state index in [1.165, 1.54) is 0 Å². The van der Waals surface area contributed by atoms with E-state index in [2.05, 4.69) is 21.7 Å². The molecule has 5 rings (SSSR count). The molecule has 3 amide bonds. The van der Waals surface area contributed by atoms with Crippen LogP contribution in [0.15, 0.2) is 71.0 Å². The van der Waals surface area contributed by atoms with Gasteiger partial charge < -0.3 is 27.4 Å². The van der Waals surface area contributed by atoms with E-state index in [1.54, 1.807) is 41.3 Å². The Kier molecular flexibility index (Phi) is 9.25. The van der Waals surface area contributed by atoms with Gasteiger partial charge in [-0.3, -0.25) is 14.4 Å². The molecule has 1 aliphatic carbocycles. The number of amidine groups is 1. The Morgan fingerprint density at radius 3 is 2.11 bits per heavy atom. The van der Waals surface area contributed by atoms with Gasteiger partial charge in [-0.05, 0) is 91.1 Å². The lowest BCUT2D eigenvalue weighted by atomic mass is 9.66. The van der Waals surface area contributed by atoms with Crippen LogP contribution < -0.4 is 22.5 Å². The number of primary amides is 2. The summed E-state index contributed by atoms with van der Waals surface area (Å²) >= 11 is 0. The SMILES string of the molecule is Cc1ccc([C@H](CC2(/C(N)=N/N=N)c3ccc(C(N)=O)cc3CCc3cc(C(N)=O)ccc32)NCC(=O)N2CCCC2C#N)cc1. The summed E-state index contributed by atoms with van der Waals surface area (Å²) in [5, 5.41) is 20.4. The molecule has 3 aromatic carbocycles. The van der Waals surface area contributed by atoms with Crippen molar-refractivity contribution in [3.05, 3.63) is 105 Å². The lowest BCUT2D eigenvalue weighted by Crippen LogP contribution is -2.47. The number of benzene rings is 3. The van der Waals surface area contributed by atoms with Gasteiger partial charge in [-0.15, -0.1) is 5.10 Å². The van der Waals surface area contributed by atoms with Gasteiger partial charge in [0.25, 0.3) is 0 Å². The largest absolute Gasteiger partial charge is 0.385 e. The average Bonchev–Trinajstić information content (AvgIpc) is 3.49. The number of hydrogen-bond acceptors (Lipinski definition) is 7. The molecule has 236 valence electrons. The molecule has 3 aromatic rings. The van der Waals surface area contributed by atoms with Crippen LogP contribution in [0.1, 0.15) is 79.4 Å². The van der Waals surface area contributed by atoms with E-state index in [0.717, 1.165) is 39.8 Å². The van der Waals surface area contributed by atoms with E-state index < -0.39 is 29.3 Å². The van der Waals surface area contributed by atoms with E-state index in [1.807, 2.05) is 31.2 Å². The Hall–Kier alpha value is -5.41. The fourth-order valence-electron chi connectivity index (χ4n) is 6.82. The lowest BCUT2D eigenvalue weighted by Gasteiger charge is -2.39. The van der Waals surface area contributed by atoms with Crippen molar-refractivity contribution >= 4 is 23.6 Å². The molecular weight excluding hydrogens is 582 g/mol. The van der Waals surface area contributed by atoms with Gasteiger partial charge in [0.05, 0.1) is 18.0 Å². The Morgan fingerprint density at radius 1 is 1.00 bits per heavy atom. The minimum Gasteiger partial charge on any atom is -0.385 e. The summed E-state index contributed by atoms with van der Waals surface area (Å²) in [7, 11) is 0. The number of hydrogen-bond donors (Lipinski definition) is 5. The highest BCUT2D eigenvalue weighted by atomic mass is 16.2. The molecule has 2 atom stereocenters. The Bertz CT molecular complexity index is 1690. The third-order valence-corrected chi connectivity index (χ3v) is 9.17. The molecule has 8 N–H and O–H groups in total. The van der Waals surface area contributed by atoms with Crippen LogP contribution in [-0.2, 0) is 23.1 Å². The minimum atomic E-state index is -1.23. The zero-order chi connectivity index (χ0) is 33.0. The normalized spacial score (nSPS) is 17.6. The molecule has 0 saturated carbocycles. The maximum atomic E-state index is 13.4. The molecule has 0 spiro atoms. The van der Waals surface area contributed by atoms with Gasteiger partial charge >= 0.3 is 0 Å². The summed E-state index contributed by atoms with van der Waals surface area (Å²) in [5.74, 6) is -1.31. The highest BCUT2D eigenvalue weighted by molar-refractivity contribution is 5.99. The molecule has 1 saturated heterocycles. The van der Waals surface area contributed by atoms with E-state index in [9.17, 15) is 19.6 Å². The molecule has 0 radical (unpaired) electrons. The molecular formula is C34H37N9O3. The van der Waals surface area contributed by atoms with Crippen molar-refractivity contribution < 1.29 is 14.4 Å². The van der Waals surface area contributed by atoms with Crippen molar-refractivity contribution in [3.8, 4) is 6.07 Å². The molecule has 0 aromatic heterocycles. The number of likely N-dealkylation sites (tertiary alicyclic amines) is 1. The highest BCUT2D eigenvalue weighted by Crippen LogP contribution is 2.46. The van der Waals surface area contributed by atoms with Gasteiger partial charge in [-0.25, -0.2) is 0 Å². The van der Waals surface area contributed by atoms with Crippen LogP contribution >= 0.6 is 0 Å². The van der Waals surface area contributed by atoms with Gasteiger partial charge in [0.2, 0.25) is 17.7 Å². The molecule has 46 heavy (non-hydrogen) atoms. The summed E-state index contributed by atoms with van der Waals surface area (Å²) in [4.78, 5) is 39.4. The van der Waals surface area contributed by atoms with Crippen LogP contribution in [-0.4, -0.2) is 47.6 Å². The third kappa shape index (κ3) is 6.09. The van der Waals surface area contributed by atoms with Crippen molar-refractivity contribution in [2.75, 3.05) is 13.1 Å². The molecule has 0 bridgehead atoms. The summed E-state index contributed by atoms with van der Waals surface area (Å²) in [6.07, 6.45) is 2.62. The zero-order valence-electron chi connectivity index (χ0n) is 25.6. The zero-order valence-corrected chi connectivity index (χ0v) is 25.6. The number of nitriles is 1. The summed E-state index contributed by atoms with van der Waals surface area (Å²) in [6.45, 7) is 2.47. The number of amides is 3. The minimum absolute atomic E-state index is 0.0277. The monoisotopic (exact) mass is 619 g/mol. The Balaban J connectivity index is 1.70. The number of aryl methyl sites for hydroxylation is 3. The number of carbonyl (C=O) groups excluding carboxylic acids is 3. The number of fused-ring (bicyclic) bond motifs is 2. The predicted octanol–water partition coefficient (Wildman–Crippen LogP) is 3.12. The van der Waals surface area contributed by atoms with Gasteiger partial charge in [0.15, 0.2) is 0 Å². The molecule has 1 fully saturated rings.